The molecule has 7 nitrogen and oxygen atoms in total. The largest absolute Gasteiger partial charge is 0.454 e. The van der Waals surface area contributed by atoms with E-state index in [1.54, 1.807) is 23.7 Å². The smallest absolute Gasteiger partial charge is 0.263 e. The first-order valence-corrected chi connectivity index (χ1v) is 9.92. The van der Waals surface area contributed by atoms with Crippen LogP contribution >= 0.6 is 11.3 Å². The lowest BCUT2D eigenvalue weighted by molar-refractivity contribution is 0.174. The molecule has 0 aliphatic carbocycles. The number of benzene rings is 2. The Kier molecular flexibility index (Phi) is 4.31. The Hall–Kier alpha value is -2.91. The summed E-state index contributed by atoms with van der Waals surface area (Å²) in [5.41, 5.74) is 1.49. The van der Waals surface area contributed by atoms with Gasteiger partial charge < -0.3 is 9.47 Å². The highest BCUT2D eigenvalue weighted by atomic mass is 32.2. The maximum absolute atomic E-state index is 12.3. The second-order valence-corrected chi connectivity index (χ2v) is 7.88. The third kappa shape index (κ3) is 3.53. The van der Waals surface area contributed by atoms with Gasteiger partial charge in [0.15, 0.2) is 16.6 Å². The van der Waals surface area contributed by atoms with Gasteiger partial charge in [-0.15, -0.1) is 11.3 Å². The number of fused-ring (bicyclic) bond motifs is 1. The zero-order valence-electron chi connectivity index (χ0n) is 13.3. The fourth-order valence-corrected chi connectivity index (χ4v) is 4.09. The first-order chi connectivity index (χ1) is 12.6. The summed E-state index contributed by atoms with van der Waals surface area (Å²) in [4.78, 5) is 8.42. The first kappa shape index (κ1) is 16.6. The van der Waals surface area contributed by atoms with Gasteiger partial charge in [-0.3, -0.25) is 9.71 Å². The molecule has 2 aromatic carbocycles. The Bertz CT molecular complexity index is 1050. The van der Waals surface area contributed by atoms with Crippen LogP contribution in [0.3, 0.4) is 0 Å². The summed E-state index contributed by atoms with van der Waals surface area (Å²) in [6.07, 6.45) is 3.22. The number of thiazole rings is 1. The van der Waals surface area contributed by atoms with Crippen LogP contribution in [0.1, 0.15) is 5.56 Å². The third-order valence-corrected chi connectivity index (χ3v) is 5.73. The number of nitrogens with one attached hydrogen (secondary N) is 1. The highest BCUT2D eigenvalue weighted by molar-refractivity contribution is 7.93. The second kappa shape index (κ2) is 6.77. The van der Waals surface area contributed by atoms with E-state index < -0.39 is 10.0 Å². The second-order valence-electron chi connectivity index (χ2n) is 5.31. The number of aliphatic imine (C=N–C) groups is 1. The number of anilines is 1. The molecule has 26 heavy (non-hydrogen) atoms. The fraction of sp³-hybridized carbons (Fsp3) is 0.0588. The Morgan fingerprint density at radius 2 is 1.92 bits per heavy atom. The summed E-state index contributed by atoms with van der Waals surface area (Å²) in [5.74, 6) is 1.40. The lowest BCUT2D eigenvalue weighted by Gasteiger charge is -2.05. The number of ether oxygens (including phenoxy) is 2. The normalized spacial score (nSPS) is 13.2. The minimum absolute atomic E-state index is 0.148. The molecular formula is C17H13N3O4S2. The molecule has 132 valence electrons. The van der Waals surface area contributed by atoms with Crippen molar-refractivity contribution in [2.24, 2.45) is 4.99 Å². The Balaban J connectivity index is 1.49. The molecule has 0 unspecified atom stereocenters. The van der Waals surface area contributed by atoms with Crippen molar-refractivity contribution in [3.05, 3.63) is 59.6 Å². The quantitative estimate of drug-likeness (QED) is 0.678. The van der Waals surface area contributed by atoms with E-state index >= 15 is 0 Å². The molecule has 0 fully saturated rings. The van der Waals surface area contributed by atoms with Crippen LogP contribution in [-0.4, -0.2) is 26.4 Å². The van der Waals surface area contributed by atoms with E-state index in [1.807, 2.05) is 18.2 Å². The number of rotatable bonds is 5. The van der Waals surface area contributed by atoms with Gasteiger partial charge in [-0.05, 0) is 48.0 Å². The predicted octanol–water partition coefficient (Wildman–Crippen LogP) is 3.42. The molecule has 0 amide bonds. The molecule has 0 radical (unpaired) electrons. The molecule has 1 aromatic heterocycles. The standard InChI is InChI=1S/C17H13N3O4S2/c21-26(22,20-17-18-7-8-25-17)14-4-2-13(3-5-14)19-10-12-1-6-15-16(9-12)24-11-23-15/h1-10H,11H2,(H,18,20)/b19-10+. The van der Waals surface area contributed by atoms with Crippen LogP contribution in [0.25, 0.3) is 0 Å². The zero-order chi connectivity index (χ0) is 18.0. The summed E-state index contributed by atoms with van der Waals surface area (Å²) in [6, 6.07) is 11.8. The zero-order valence-corrected chi connectivity index (χ0v) is 15.0. The van der Waals surface area contributed by atoms with E-state index in [0.29, 0.717) is 22.3 Å². The lowest BCUT2D eigenvalue weighted by atomic mass is 10.2. The monoisotopic (exact) mass is 387 g/mol. The molecule has 0 saturated carbocycles. The summed E-state index contributed by atoms with van der Waals surface area (Å²) < 4.78 is 37.6. The molecule has 2 heterocycles. The van der Waals surface area contributed by atoms with E-state index in [1.165, 1.54) is 29.7 Å². The molecule has 0 atom stereocenters. The molecular weight excluding hydrogens is 374 g/mol. The Morgan fingerprint density at radius 1 is 1.12 bits per heavy atom. The van der Waals surface area contributed by atoms with E-state index in [4.69, 9.17) is 9.47 Å². The van der Waals surface area contributed by atoms with Gasteiger partial charge in [-0.1, -0.05) is 0 Å². The SMILES string of the molecule is O=S(=O)(Nc1nccs1)c1ccc(/N=C/c2ccc3c(c2)OCO3)cc1. The van der Waals surface area contributed by atoms with Gasteiger partial charge in [0.05, 0.1) is 10.6 Å². The molecule has 0 bridgehead atoms. The van der Waals surface area contributed by atoms with E-state index in [2.05, 4.69) is 14.7 Å². The van der Waals surface area contributed by atoms with Gasteiger partial charge in [0.2, 0.25) is 6.79 Å². The third-order valence-electron chi connectivity index (χ3n) is 3.56. The summed E-state index contributed by atoms with van der Waals surface area (Å²) >= 11 is 1.22. The van der Waals surface area contributed by atoms with E-state index in [0.717, 1.165) is 5.56 Å². The van der Waals surface area contributed by atoms with Crippen molar-refractivity contribution in [1.29, 1.82) is 0 Å². The lowest BCUT2D eigenvalue weighted by Crippen LogP contribution is -2.12. The number of aromatic nitrogens is 1. The summed E-state index contributed by atoms with van der Waals surface area (Å²) in [7, 11) is -3.66. The predicted molar refractivity (Wildman–Crippen MR) is 99.2 cm³/mol. The van der Waals surface area contributed by atoms with Crippen LogP contribution in [0.15, 0.2) is 63.9 Å². The fourth-order valence-electron chi connectivity index (χ4n) is 2.30. The number of hydrogen-bond donors (Lipinski definition) is 1. The number of hydrogen-bond acceptors (Lipinski definition) is 7. The van der Waals surface area contributed by atoms with Crippen molar-refractivity contribution in [1.82, 2.24) is 4.98 Å². The highest BCUT2D eigenvalue weighted by Crippen LogP contribution is 2.32. The Morgan fingerprint density at radius 3 is 2.69 bits per heavy atom. The minimum Gasteiger partial charge on any atom is -0.454 e. The molecule has 0 saturated heterocycles. The van der Waals surface area contributed by atoms with Crippen molar-refractivity contribution >= 4 is 38.4 Å². The number of nitrogens with zero attached hydrogens (tertiary/aromatic N) is 2. The van der Waals surface area contributed by atoms with Crippen LogP contribution in [0.2, 0.25) is 0 Å². The van der Waals surface area contributed by atoms with Gasteiger partial charge in [0.25, 0.3) is 10.0 Å². The maximum atomic E-state index is 12.3. The highest BCUT2D eigenvalue weighted by Gasteiger charge is 2.15. The van der Waals surface area contributed by atoms with Crippen molar-refractivity contribution in [3.63, 3.8) is 0 Å². The summed E-state index contributed by atoms with van der Waals surface area (Å²) in [5, 5.41) is 2.03. The molecule has 3 aromatic rings. The Labute approximate surface area is 154 Å². The first-order valence-electron chi connectivity index (χ1n) is 7.56. The minimum atomic E-state index is -3.66. The van der Waals surface area contributed by atoms with Crippen molar-refractivity contribution < 1.29 is 17.9 Å². The van der Waals surface area contributed by atoms with Gasteiger partial charge in [0, 0.05) is 17.8 Å². The van der Waals surface area contributed by atoms with Gasteiger partial charge in [-0.25, -0.2) is 13.4 Å². The van der Waals surface area contributed by atoms with Crippen LogP contribution in [0.5, 0.6) is 11.5 Å². The van der Waals surface area contributed by atoms with Crippen LogP contribution < -0.4 is 14.2 Å². The van der Waals surface area contributed by atoms with Crippen molar-refractivity contribution in [2.45, 2.75) is 4.90 Å². The van der Waals surface area contributed by atoms with Crippen LogP contribution in [-0.2, 0) is 10.0 Å². The molecule has 1 aliphatic rings. The average molecular weight is 387 g/mol. The topological polar surface area (TPSA) is 89.9 Å². The van der Waals surface area contributed by atoms with Gasteiger partial charge >= 0.3 is 0 Å². The molecule has 1 aliphatic heterocycles. The van der Waals surface area contributed by atoms with Crippen LogP contribution in [0, 0.1) is 0 Å². The number of sulfonamides is 1. The molecule has 9 heteroatoms. The molecule has 4 rings (SSSR count). The van der Waals surface area contributed by atoms with Crippen LogP contribution in [0.4, 0.5) is 10.8 Å². The van der Waals surface area contributed by atoms with E-state index in [9.17, 15) is 8.42 Å². The summed E-state index contributed by atoms with van der Waals surface area (Å²) in [6.45, 7) is 0.223. The van der Waals surface area contributed by atoms with Gasteiger partial charge in [0.1, 0.15) is 0 Å². The van der Waals surface area contributed by atoms with E-state index in [-0.39, 0.29) is 11.7 Å². The average Bonchev–Trinajstić information content (AvgIpc) is 3.31. The maximum Gasteiger partial charge on any atom is 0.263 e. The van der Waals surface area contributed by atoms with Gasteiger partial charge in [-0.2, -0.15) is 0 Å². The molecule has 1 N–H and O–H groups in total. The van der Waals surface area contributed by atoms with Crippen molar-refractivity contribution in [2.75, 3.05) is 11.5 Å². The molecule has 0 spiro atoms. The van der Waals surface area contributed by atoms with Crippen molar-refractivity contribution in [3.8, 4) is 11.5 Å².